The number of likely N-dealkylation sites (tertiary alicyclic amines) is 1. The van der Waals surface area contributed by atoms with Crippen LogP contribution >= 0.6 is 0 Å². The standard InChI is InChI=1S/C18H25NO3/c1-3-18(22)8-4-5-13-10-19(11-16(13)18)17(21)15-9-14(20)7-6-12(15)2/h6-7,9,13,16,20,22H,3-5,8,10-11H2,1-2H3/t13-,16+,18-/m1/s1. The summed E-state index contributed by atoms with van der Waals surface area (Å²) in [4.78, 5) is 14.7. The number of amides is 1. The molecule has 120 valence electrons. The smallest absolute Gasteiger partial charge is 0.254 e. The Bertz CT molecular complexity index is 586. The van der Waals surface area contributed by atoms with Gasteiger partial charge in [0, 0.05) is 24.6 Å². The average Bonchev–Trinajstić information content (AvgIpc) is 2.95. The Morgan fingerprint density at radius 2 is 2.18 bits per heavy atom. The van der Waals surface area contributed by atoms with Crippen molar-refractivity contribution in [3.63, 3.8) is 0 Å². The minimum absolute atomic E-state index is 0.0266. The van der Waals surface area contributed by atoms with Gasteiger partial charge in [0.15, 0.2) is 0 Å². The largest absolute Gasteiger partial charge is 0.508 e. The number of phenolic OH excluding ortho intramolecular Hbond substituents is 1. The van der Waals surface area contributed by atoms with Crippen LogP contribution in [0.3, 0.4) is 0 Å². The van der Waals surface area contributed by atoms with Crippen LogP contribution in [0.5, 0.6) is 5.75 Å². The number of rotatable bonds is 2. The molecule has 0 bridgehead atoms. The van der Waals surface area contributed by atoms with Crippen LogP contribution in [0.25, 0.3) is 0 Å². The second-order valence-electron chi connectivity index (χ2n) is 6.93. The predicted molar refractivity (Wildman–Crippen MR) is 84.8 cm³/mol. The van der Waals surface area contributed by atoms with E-state index >= 15 is 0 Å². The molecule has 1 amide bonds. The second-order valence-corrected chi connectivity index (χ2v) is 6.93. The summed E-state index contributed by atoms with van der Waals surface area (Å²) in [6, 6.07) is 4.92. The lowest BCUT2D eigenvalue weighted by Gasteiger charge is -2.40. The van der Waals surface area contributed by atoms with Crippen LogP contribution in [0, 0.1) is 18.8 Å². The maximum atomic E-state index is 12.8. The number of carbonyl (C=O) groups excluding carboxylic acids is 1. The van der Waals surface area contributed by atoms with Crippen LogP contribution < -0.4 is 0 Å². The van der Waals surface area contributed by atoms with Crippen molar-refractivity contribution in [3.05, 3.63) is 29.3 Å². The van der Waals surface area contributed by atoms with Crippen molar-refractivity contribution in [3.8, 4) is 5.75 Å². The Morgan fingerprint density at radius 3 is 2.91 bits per heavy atom. The summed E-state index contributed by atoms with van der Waals surface area (Å²) in [5.74, 6) is 0.685. The minimum atomic E-state index is -0.619. The number of aliphatic hydroxyl groups is 1. The van der Waals surface area contributed by atoms with Gasteiger partial charge in [-0.3, -0.25) is 4.79 Å². The summed E-state index contributed by atoms with van der Waals surface area (Å²) in [6.07, 6.45) is 3.73. The highest BCUT2D eigenvalue weighted by molar-refractivity contribution is 5.96. The number of fused-ring (bicyclic) bond motifs is 1. The highest BCUT2D eigenvalue weighted by atomic mass is 16.3. The number of aromatic hydroxyl groups is 1. The zero-order chi connectivity index (χ0) is 15.9. The molecule has 2 fully saturated rings. The van der Waals surface area contributed by atoms with Crippen molar-refractivity contribution in [2.24, 2.45) is 11.8 Å². The quantitative estimate of drug-likeness (QED) is 0.883. The number of benzene rings is 1. The van der Waals surface area contributed by atoms with Gasteiger partial charge in [0.05, 0.1) is 5.60 Å². The molecule has 1 aromatic carbocycles. The first-order chi connectivity index (χ1) is 10.4. The average molecular weight is 303 g/mol. The van der Waals surface area contributed by atoms with E-state index < -0.39 is 5.60 Å². The van der Waals surface area contributed by atoms with Gasteiger partial charge in [-0.05, 0) is 49.8 Å². The van der Waals surface area contributed by atoms with Crippen molar-refractivity contribution in [2.75, 3.05) is 13.1 Å². The first-order valence-corrected chi connectivity index (χ1v) is 8.26. The topological polar surface area (TPSA) is 60.8 Å². The van der Waals surface area contributed by atoms with E-state index in [9.17, 15) is 15.0 Å². The molecule has 0 aromatic heterocycles. The number of carbonyl (C=O) groups is 1. The van der Waals surface area contributed by atoms with Crippen LogP contribution in [0.1, 0.15) is 48.5 Å². The Labute approximate surface area is 131 Å². The van der Waals surface area contributed by atoms with Crippen LogP contribution in [0.4, 0.5) is 0 Å². The first kappa shape index (κ1) is 15.3. The van der Waals surface area contributed by atoms with Gasteiger partial charge in [-0.1, -0.05) is 19.4 Å². The third-order valence-electron chi connectivity index (χ3n) is 5.67. The molecule has 1 saturated heterocycles. The van der Waals surface area contributed by atoms with Gasteiger partial charge < -0.3 is 15.1 Å². The maximum absolute atomic E-state index is 12.8. The SMILES string of the molecule is CC[C@@]1(O)CCC[C@@H]2CN(C(=O)c3cc(O)ccc3C)C[C@@H]21. The molecule has 3 rings (SSSR count). The van der Waals surface area contributed by atoms with E-state index in [1.165, 1.54) is 0 Å². The third-order valence-corrected chi connectivity index (χ3v) is 5.67. The normalized spacial score (nSPS) is 31.1. The fourth-order valence-corrected chi connectivity index (χ4v) is 4.24. The molecule has 0 radical (unpaired) electrons. The van der Waals surface area contributed by atoms with E-state index in [1.807, 2.05) is 18.7 Å². The van der Waals surface area contributed by atoms with Crippen molar-refractivity contribution >= 4 is 5.91 Å². The number of hydrogen-bond acceptors (Lipinski definition) is 3. The Kier molecular flexibility index (Phi) is 3.89. The maximum Gasteiger partial charge on any atom is 0.254 e. The van der Waals surface area contributed by atoms with Crippen molar-refractivity contribution in [2.45, 2.75) is 45.1 Å². The van der Waals surface area contributed by atoms with E-state index in [-0.39, 0.29) is 17.6 Å². The summed E-state index contributed by atoms with van der Waals surface area (Å²) in [5, 5.41) is 20.5. The zero-order valence-corrected chi connectivity index (χ0v) is 13.4. The summed E-state index contributed by atoms with van der Waals surface area (Å²) in [5.41, 5.74) is 0.827. The number of hydrogen-bond donors (Lipinski definition) is 2. The highest BCUT2D eigenvalue weighted by Crippen LogP contribution is 2.44. The predicted octanol–water partition coefficient (Wildman–Crippen LogP) is 2.71. The van der Waals surface area contributed by atoms with E-state index in [2.05, 4.69) is 0 Å². The monoisotopic (exact) mass is 303 g/mol. The van der Waals surface area contributed by atoms with Gasteiger partial charge in [0.1, 0.15) is 5.75 Å². The van der Waals surface area contributed by atoms with Crippen molar-refractivity contribution < 1.29 is 15.0 Å². The Hall–Kier alpha value is -1.55. The summed E-state index contributed by atoms with van der Waals surface area (Å²) in [7, 11) is 0. The van der Waals surface area contributed by atoms with Gasteiger partial charge >= 0.3 is 0 Å². The molecule has 3 atom stereocenters. The van der Waals surface area contributed by atoms with Gasteiger partial charge in [0.2, 0.25) is 0 Å². The lowest BCUT2D eigenvalue weighted by Crippen LogP contribution is -2.44. The molecule has 2 N–H and O–H groups in total. The summed E-state index contributed by atoms with van der Waals surface area (Å²) in [6.45, 7) is 5.27. The van der Waals surface area contributed by atoms with Gasteiger partial charge in [-0.25, -0.2) is 0 Å². The van der Waals surface area contributed by atoms with E-state index in [0.29, 0.717) is 18.0 Å². The van der Waals surface area contributed by atoms with E-state index in [0.717, 1.165) is 37.8 Å². The summed E-state index contributed by atoms with van der Waals surface area (Å²) < 4.78 is 0. The molecular weight excluding hydrogens is 278 g/mol. The fraction of sp³-hybridized carbons (Fsp3) is 0.611. The van der Waals surface area contributed by atoms with Crippen LogP contribution in [-0.4, -0.2) is 39.7 Å². The van der Waals surface area contributed by atoms with Crippen molar-refractivity contribution in [1.29, 1.82) is 0 Å². The number of phenols is 1. The van der Waals surface area contributed by atoms with Gasteiger partial charge in [-0.2, -0.15) is 0 Å². The van der Waals surface area contributed by atoms with Crippen molar-refractivity contribution in [1.82, 2.24) is 4.90 Å². The summed E-state index contributed by atoms with van der Waals surface area (Å²) >= 11 is 0. The lowest BCUT2D eigenvalue weighted by molar-refractivity contribution is -0.0609. The zero-order valence-electron chi connectivity index (χ0n) is 13.4. The molecule has 0 spiro atoms. The molecule has 1 saturated carbocycles. The molecule has 1 heterocycles. The molecule has 4 heteroatoms. The third kappa shape index (κ3) is 2.50. The van der Waals surface area contributed by atoms with E-state index in [1.54, 1.807) is 18.2 Å². The Morgan fingerprint density at radius 1 is 1.41 bits per heavy atom. The molecule has 2 aliphatic rings. The number of nitrogens with zero attached hydrogens (tertiary/aromatic N) is 1. The molecule has 22 heavy (non-hydrogen) atoms. The molecule has 0 unspecified atom stereocenters. The van der Waals surface area contributed by atoms with Gasteiger partial charge in [-0.15, -0.1) is 0 Å². The fourth-order valence-electron chi connectivity index (χ4n) is 4.24. The first-order valence-electron chi connectivity index (χ1n) is 8.26. The minimum Gasteiger partial charge on any atom is -0.508 e. The Balaban J connectivity index is 1.82. The second kappa shape index (κ2) is 5.58. The molecular formula is C18H25NO3. The van der Waals surface area contributed by atoms with E-state index in [4.69, 9.17) is 0 Å². The molecule has 1 aliphatic heterocycles. The molecule has 4 nitrogen and oxygen atoms in total. The molecule has 1 aromatic rings. The van der Waals surface area contributed by atoms with Gasteiger partial charge in [0.25, 0.3) is 5.91 Å². The van der Waals surface area contributed by atoms with Crippen LogP contribution in [-0.2, 0) is 0 Å². The lowest BCUT2D eigenvalue weighted by atomic mass is 9.69. The number of aryl methyl sites for hydroxylation is 1. The van der Waals surface area contributed by atoms with Crippen LogP contribution in [0.15, 0.2) is 18.2 Å². The van der Waals surface area contributed by atoms with Crippen LogP contribution in [0.2, 0.25) is 0 Å². The highest BCUT2D eigenvalue weighted by Gasteiger charge is 2.48. The molecule has 1 aliphatic carbocycles.